The second kappa shape index (κ2) is 11.7. The Balaban J connectivity index is 1.65. The Labute approximate surface area is 199 Å². The van der Waals surface area contributed by atoms with Gasteiger partial charge in [0.1, 0.15) is 12.6 Å². The van der Waals surface area contributed by atoms with Crippen LogP contribution in [0.4, 0.5) is 4.79 Å². The van der Waals surface area contributed by atoms with Crippen LogP contribution in [-0.2, 0) is 14.3 Å². The van der Waals surface area contributed by atoms with Gasteiger partial charge in [-0.1, -0.05) is 62.4 Å². The van der Waals surface area contributed by atoms with Crippen molar-refractivity contribution in [1.29, 1.82) is 0 Å². The van der Waals surface area contributed by atoms with E-state index in [0.29, 0.717) is 6.42 Å². The number of hydrogen-bond donors (Lipinski definition) is 4. The summed E-state index contributed by atoms with van der Waals surface area (Å²) in [5.41, 5.74) is 4.34. The summed E-state index contributed by atoms with van der Waals surface area (Å²) in [6.07, 6.45) is -0.628. The molecule has 0 aliphatic heterocycles. The highest BCUT2D eigenvalue weighted by atomic mass is 16.5. The highest BCUT2D eigenvalue weighted by Crippen LogP contribution is 2.44. The molecule has 0 heterocycles. The maximum absolute atomic E-state index is 12.7. The van der Waals surface area contributed by atoms with E-state index in [1.165, 1.54) is 0 Å². The van der Waals surface area contributed by atoms with Gasteiger partial charge in [-0.3, -0.25) is 9.59 Å². The first-order chi connectivity index (χ1) is 16.3. The Morgan fingerprint density at radius 2 is 1.56 bits per heavy atom. The predicted molar refractivity (Wildman–Crippen MR) is 127 cm³/mol. The molecule has 34 heavy (non-hydrogen) atoms. The number of benzene rings is 2. The molecule has 8 nitrogen and oxygen atoms in total. The van der Waals surface area contributed by atoms with E-state index >= 15 is 0 Å². The second-order valence-electron chi connectivity index (χ2n) is 8.97. The van der Waals surface area contributed by atoms with E-state index in [2.05, 4.69) is 10.6 Å². The molecule has 2 aromatic carbocycles. The van der Waals surface area contributed by atoms with Crippen molar-refractivity contribution in [3.8, 4) is 11.1 Å². The third-order valence-corrected chi connectivity index (χ3v) is 5.92. The number of alkyl carbamates (subject to hydrolysis) is 1. The van der Waals surface area contributed by atoms with E-state index in [1.807, 2.05) is 62.4 Å². The van der Waals surface area contributed by atoms with E-state index in [9.17, 15) is 19.5 Å². The molecular weight excluding hydrogens is 436 g/mol. The van der Waals surface area contributed by atoms with Gasteiger partial charge in [-0.05, 0) is 41.0 Å². The lowest BCUT2D eigenvalue weighted by atomic mass is 9.98. The van der Waals surface area contributed by atoms with Crippen molar-refractivity contribution >= 4 is 18.0 Å². The van der Waals surface area contributed by atoms with Crippen LogP contribution < -0.4 is 10.6 Å². The van der Waals surface area contributed by atoms with Gasteiger partial charge in [0.25, 0.3) is 0 Å². The van der Waals surface area contributed by atoms with Crippen LogP contribution >= 0.6 is 0 Å². The molecule has 1 aliphatic carbocycles. The van der Waals surface area contributed by atoms with Crippen molar-refractivity contribution in [2.45, 2.75) is 51.1 Å². The summed E-state index contributed by atoms with van der Waals surface area (Å²) in [6.45, 7) is 3.76. The molecule has 0 radical (unpaired) electrons. The van der Waals surface area contributed by atoms with E-state index in [-0.39, 0.29) is 37.9 Å². The van der Waals surface area contributed by atoms with Crippen LogP contribution in [0.3, 0.4) is 0 Å². The number of aliphatic hydroxyl groups excluding tert-OH is 1. The van der Waals surface area contributed by atoms with E-state index < -0.39 is 30.1 Å². The zero-order chi connectivity index (χ0) is 24.7. The van der Waals surface area contributed by atoms with Gasteiger partial charge < -0.3 is 25.6 Å². The first kappa shape index (κ1) is 25.2. The number of carboxylic acid groups (broad SMARTS) is 1. The molecular formula is C26H32N2O6. The number of hydrogen-bond acceptors (Lipinski definition) is 5. The Hall–Kier alpha value is -3.39. The van der Waals surface area contributed by atoms with Crippen molar-refractivity contribution in [3.63, 3.8) is 0 Å². The number of ether oxygens (including phenoxy) is 1. The SMILES string of the molecule is CC(C)C[C@H](CO)NC(=O)C(CCC(=O)O)NC(=O)OCC1c2ccccc2-c2ccccc21. The summed E-state index contributed by atoms with van der Waals surface area (Å²) in [5.74, 6) is -1.51. The minimum Gasteiger partial charge on any atom is -0.481 e. The topological polar surface area (TPSA) is 125 Å². The lowest BCUT2D eigenvalue weighted by Gasteiger charge is -2.23. The summed E-state index contributed by atoms with van der Waals surface area (Å²) in [7, 11) is 0. The number of fused-ring (bicyclic) bond motifs is 3. The first-order valence-corrected chi connectivity index (χ1v) is 11.5. The van der Waals surface area contributed by atoms with Crippen LogP contribution in [0.2, 0.25) is 0 Å². The Morgan fingerprint density at radius 3 is 2.09 bits per heavy atom. The Kier molecular flexibility index (Phi) is 8.65. The molecule has 3 rings (SSSR count). The number of carbonyl (C=O) groups excluding carboxylic acids is 2. The van der Waals surface area contributed by atoms with Crippen LogP contribution in [0.1, 0.15) is 50.2 Å². The Bertz CT molecular complexity index is 976. The standard InChI is InChI=1S/C26H32N2O6/c1-16(2)13-17(14-29)27-25(32)23(11-12-24(30)31)28-26(33)34-15-22-20-9-5-3-7-18(20)19-8-4-6-10-21(19)22/h3-10,16-17,22-23,29H,11-15H2,1-2H3,(H,27,32)(H,28,33)(H,30,31)/t17-,23?/m1/s1. The Morgan fingerprint density at radius 1 is 0.971 bits per heavy atom. The van der Waals surface area contributed by atoms with E-state index in [4.69, 9.17) is 9.84 Å². The molecule has 182 valence electrons. The summed E-state index contributed by atoms with van der Waals surface area (Å²) < 4.78 is 5.50. The number of carbonyl (C=O) groups is 3. The molecule has 0 saturated heterocycles. The fraction of sp³-hybridized carbons (Fsp3) is 0.423. The number of carboxylic acids is 1. The van der Waals surface area contributed by atoms with Gasteiger partial charge in [0, 0.05) is 12.3 Å². The van der Waals surface area contributed by atoms with Crippen LogP contribution in [0.5, 0.6) is 0 Å². The van der Waals surface area contributed by atoms with Crippen molar-refractivity contribution in [2.75, 3.05) is 13.2 Å². The van der Waals surface area contributed by atoms with Crippen LogP contribution in [-0.4, -0.2) is 53.5 Å². The van der Waals surface area contributed by atoms with Gasteiger partial charge in [0.15, 0.2) is 0 Å². The normalized spacial score (nSPS) is 14.1. The molecule has 0 spiro atoms. The van der Waals surface area contributed by atoms with Crippen molar-refractivity contribution in [3.05, 3.63) is 59.7 Å². The smallest absolute Gasteiger partial charge is 0.407 e. The maximum Gasteiger partial charge on any atom is 0.407 e. The highest BCUT2D eigenvalue weighted by Gasteiger charge is 2.30. The molecule has 1 unspecified atom stereocenters. The third-order valence-electron chi connectivity index (χ3n) is 5.92. The maximum atomic E-state index is 12.7. The van der Waals surface area contributed by atoms with Gasteiger partial charge in [-0.2, -0.15) is 0 Å². The molecule has 2 atom stereocenters. The average molecular weight is 469 g/mol. The predicted octanol–water partition coefficient (Wildman–Crippen LogP) is 3.28. The number of aliphatic carboxylic acids is 1. The van der Waals surface area contributed by atoms with Crippen LogP contribution in [0.15, 0.2) is 48.5 Å². The number of rotatable bonds is 11. The quantitative estimate of drug-likeness (QED) is 0.401. The molecule has 0 fully saturated rings. The van der Waals surface area contributed by atoms with Crippen LogP contribution in [0.25, 0.3) is 11.1 Å². The third kappa shape index (κ3) is 6.35. The van der Waals surface area contributed by atoms with E-state index in [1.54, 1.807) is 0 Å². The molecule has 0 bridgehead atoms. The monoisotopic (exact) mass is 468 g/mol. The number of aliphatic hydroxyl groups is 1. The number of amides is 2. The molecule has 4 N–H and O–H groups in total. The number of nitrogens with one attached hydrogen (secondary N) is 2. The molecule has 1 aliphatic rings. The summed E-state index contributed by atoms with van der Waals surface area (Å²) >= 11 is 0. The second-order valence-corrected chi connectivity index (χ2v) is 8.97. The highest BCUT2D eigenvalue weighted by molar-refractivity contribution is 5.86. The zero-order valence-electron chi connectivity index (χ0n) is 19.5. The van der Waals surface area contributed by atoms with Crippen molar-refractivity contribution in [2.24, 2.45) is 5.92 Å². The first-order valence-electron chi connectivity index (χ1n) is 11.5. The minimum absolute atomic E-state index is 0.0831. The zero-order valence-corrected chi connectivity index (χ0v) is 19.5. The van der Waals surface area contributed by atoms with Gasteiger partial charge in [-0.25, -0.2) is 4.79 Å². The lowest BCUT2D eigenvalue weighted by Crippen LogP contribution is -2.51. The summed E-state index contributed by atoms with van der Waals surface area (Å²) in [5, 5.41) is 23.8. The van der Waals surface area contributed by atoms with Crippen molar-refractivity contribution in [1.82, 2.24) is 10.6 Å². The van der Waals surface area contributed by atoms with Crippen LogP contribution in [0, 0.1) is 5.92 Å². The molecule has 2 amide bonds. The lowest BCUT2D eigenvalue weighted by molar-refractivity contribution is -0.137. The molecule has 2 aromatic rings. The fourth-order valence-corrected chi connectivity index (χ4v) is 4.37. The minimum atomic E-state index is -1.09. The van der Waals surface area contributed by atoms with Gasteiger partial charge >= 0.3 is 12.1 Å². The summed E-state index contributed by atoms with van der Waals surface area (Å²) in [4.78, 5) is 36.4. The fourth-order valence-electron chi connectivity index (χ4n) is 4.37. The molecule has 0 aromatic heterocycles. The molecule has 0 saturated carbocycles. The average Bonchev–Trinajstić information content (AvgIpc) is 3.13. The van der Waals surface area contributed by atoms with Crippen molar-refractivity contribution < 1.29 is 29.3 Å². The van der Waals surface area contributed by atoms with Gasteiger partial charge in [0.2, 0.25) is 5.91 Å². The van der Waals surface area contributed by atoms with Gasteiger partial charge in [-0.15, -0.1) is 0 Å². The largest absolute Gasteiger partial charge is 0.481 e. The van der Waals surface area contributed by atoms with Gasteiger partial charge in [0.05, 0.1) is 12.6 Å². The summed E-state index contributed by atoms with van der Waals surface area (Å²) in [6, 6.07) is 14.3. The molecule has 8 heteroatoms. The van der Waals surface area contributed by atoms with E-state index in [0.717, 1.165) is 22.3 Å².